The number of ketones is 2. The summed E-state index contributed by atoms with van der Waals surface area (Å²) < 4.78 is 12.2. The van der Waals surface area contributed by atoms with Crippen LogP contribution >= 0.6 is 45.2 Å². The first-order valence-corrected chi connectivity index (χ1v) is 42.4. The van der Waals surface area contributed by atoms with E-state index >= 15 is 0 Å². The number of ether oxygens (including phenoxy) is 2. The zero-order valence-corrected chi connectivity index (χ0v) is 70.3. The number of aromatic nitrogens is 8. The maximum Gasteiger partial charge on any atom is 0.302 e. The summed E-state index contributed by atoms with van der Waals surface area (Å²) in [5, 5.41) is 54.1. The summed E-state index contributed by atoms with van der Waals surface area (Å²) in [6, 6.07) is 72.4. The highest BCUT2D eigenvalue weighted by molar-refractivity contribution is 14.1. The second kappa shape index (κ2) is 35.2. The van der Waals surface area contributed by atoms with E-state index in [-0.39, 0.29) is 49.9 Å². The van der Waals surface area contributed by atoms with Gasteiger partial charge < -0.3 is 19.7 Å². The number of H-pyrrole nitrogens is 4. The number of fused-ring (bicyclic) bond motifs is 12. The summed E-state index contributed by atoms with van der Waals surface area (Å²) in [7, 11) is 0. The monoisotopic (exact) mass is 1810 g/mol. The van der Waals surface area contributed by atoms with Gasteiger partial charge >= 0.3 is 11.9 Å². The quantitative estimate of drug-likeness (QED) is 0.0469. The van der Waals surface area contributed by atoms with E-state index in [1.807, 2.05) is 133 Å². The van der Waals surface area contributed by atoms with Crippen molar-refractivity contribution in [2.24, 2.45) is 0 Å². The number of carbonyl (C=O) groups is 6. The zero-order valence-electron chi connectivity index (χ0n) is 66.0. The normalized spacial score (nSPS) is 13.2. The fourth-order valence-electron chi connectivity index (χ4n) is 18.0. The molecule has 0 bridgehead atoms. The maximum absolute atomic E-state index is 12.9. The van der Waals surface area contributed by atoms with Crippen LogP contribution in [0.25, 0.3) is 88.6 Å². The van der Waals surface area contributed by atoms with Gasteiger partial charge in [-0.15, -0.1) is 0 Å². The van der Waals surface area contributed by atoms with Crippen LogP contribution in [0.4, 0.5) is 0 Å². The summed E-state index contributed by atoms with van der Waals surface area (Å²) in [5.74, 6) is -0.486. The van der Waals surface area contributed by atoms with E-state index in [1.54, 1.807) is 0 Å². The smallest absolute Gasteiger partial charge is 0.302 e. The fraction of sp³-hybridized carbons (Fsp3) is 0.180. The first-order valence-electron chi connectivity index (χ1n) is 40.2. The molecule has 4 heterocycles. The molecule has 0 unspecified atom stereocenters. The molecule has 6 N–H and O–H groups in total. The molecule has 16 aromatic rings. The molecule has 6 aliphatic carbocycles. The molecule has 0 saturated carbocycles. The Kier molecular flexibility index (Phi) is 23.5. The minimum absolute atomic E-state index is 0.0668. The molecule has 120 heavy (non-hydrogen) atoms. The van der Waals surface area contributed by atoms with Gasteiger partial charge in [-0.3, -0.25) is 49.2 Å². The summed E-state index contributed by atoms with van der Waals surface area (Å²) >= 11 is 4.42. The Balaban J connectivity index is 0.000000103. The number of nitrogens with one attached hydrogen (secondary N) is 4. The Morgan fingerprint density at radius 2 is 0.700 bits per heavy atom. The summed E-state index contributed by atoms with van der Waals surface area (Å²) in [6.07, 6.45) is 12.7. The molecule has 0 spiro atoms. The molecule has 22 rings (SSSR count). The fourth-order valence-corrected chi connectivity index (χ4v) is 19.5. The third kappa shape index (κ3) is 15.6. The number of aromatic amines is 4. The highest BCUT2D eigenvalue weighted by Gasteiger charge is 2.30. The van der Waals surface area contributed by atoms with Gasteiger partial charge in [-0.1, -0.05) is 176 Å². The molecule has 20 heteroatoms. The summed E-state index contributed by atoms with van der Waals surface area (Å²) in [5.41, 5.74) is 35.5. The number of hydrogen-bond donors (Lipinski definition) is 6. The van der Waals surface area contributed by atoms with Crippen molar-refractivity contribution in [3.63, 3.8) is 0 Å². The predicted octanol–water partition coefficient (Wildman–Crippen LogP) is 19.3. The van der Waals surface area contributed by atoms with Crippen LogP contribution in [0.15, 0.2) is 218 Å². The zero-order chi connectivity index (χ0) is 82.7. The van der Waals surface area contributed by atoms with Crippen LogP contribution in [-0.4, -0.2) is 87.1 Å². The first kappa shape index (κ1) is 80.0. The topological polar surface area (TPSA) is 276 Å². The van der Waals surface area contributed by atoms with Crippen molar-refractivity contribution in [1.29, 1.82) is 0 Å². The molecule has 596 valence electrons. The van der Waals surface area contributed by atoms with Gasteiger partial charge in [0.25, 0.3) is 0 Å². The van der Waals surface area contributed by atoms with E-state index in [0.717, 1.165) is 247 Å². The first-order chi connectivity index (χ1) is 58.7. The Hall–Kier alpha value is -12.5. The SMILES string of the molecule is CC(=O)OCc1ccc(I)c2c1CCc1ccccc1C2=O.CC(=O)OCc1cccc2c1CCc1cccc(I)c1C2=O.O=Cc1ccc2[nH]nc3c2c1CCc1ccccc1-3.O=Cc1cccc2c1CCc1cccc3[nH]nc-2c13.OCc1ccc2[nH]nc3c2c1CCc1ccccc1-3.OCc1cccc2c1CCc1cccc3[nH]nc-2c13. The molecule has 12 aromatic carbocycles. The molecule has 0 radical (unpaired) electrons. The molecule has 0 saturated heterocycles. The molecular formula is C100H82I2N8O10. The van der Waals surface area contributed by atoms with E-state index in [4.69, 9.17) is 9.47 Å². The van der Waals surface area contributed by atoms with Gasteiger partial charge in [0.2, 0.25) is 0 Å². The van der Waals surface area contributed by atoms with Crippen molar-refractivity contribution in [2.45, 2.75) is 117 Å². The lowest BCUT2D eigenvalue weighted by Gasteiger charge is -2.13. The number of esters is 2. The number of nitrogens with zero attached hydrogens (tertiary/aromatic N) is 4. The lowest BCUT2D eigenvalue weighted by atomic mass is 9.95. The van der Waals surface area contributed by atoms with Crippen molar-refractivity contribution in [3.05, 3.63) is 348 Å². The van der Waals surface area contributed by atoms with E-state index in [1.165, 1.54) is 74.5 Å². The van der Waals surface area contributed by atoms with Crippen LogP contribution in [0.3, 0.4) is 0 Å². The van der Waals surface area contributed by atoms with E-state index in [0.29, 0.717) is 0 Å². The Morgan fingerprint density at radius 3 is 1.28 bits per heavy atom. The molecule has 0 amide bonds. The second-order valence-electron chi connectivity index (χ2n) is 30.5. The summed E-state index contributed by atoms with van der Waals surface area (Å²) in [4.78, 5) is 70.4. The molecule has 0 fully saturated rings. The van der Waals surface area contributed by atoms with Gasteiger partial charge in [0, 0.05) is 98.2 Å². The van der Waals surface area contributed by atoms with Crippen LogP contribution in [0.5, 0.6) is 0 Å². The Morgan fingerprint density at radius 1 is 0.333 bits per heavy atom. The number of halogens is 2. The lowest BCUT2D eigenvalue weighted by molar-refractivity contribution is -0.143. The molecular weight excluding hydrogens is 1730 g/mol. The Bertz CT molecular complexity index is 6770. The predicted molar refractivity (Wildman–Crippen MR) is 482 cm³/mol. The van der Waals surface area contributed by atoms with Crippen LogP contribution in [0, 0.1) is 7.14 Å². The van der Waals surface area contributed by atoms with Gasteiger partial charge in [0.05, 0.1) is 35.3 Å². The van der Waals surface area contributed by atoms with E-state index < -0.39 is 0 Å². The van der Waals surface area contributed by atoms with Crippen LogP contribution in [-0.2, 0) is 123 Å². The van der Waals surface area contributed by atoms with Crippen molar-refractivity contribution >= 4 is 125 Å². The minimum Gasteiger partial charge on any atom is -0.461 e. The molecule has 18 nitrogen and oxygen atoms in total. The number of hydrogen-bond acceptors (Lipinski definition) is 14. The number of aldehydes is 2. The lowest BCUT2D eigenvalue weighted by Crippen LogP contribution is -2.10. The van der Waals surface area contributed by atoms with Gasteiger partial charge in [0.15, 0.2) is 11.6 Å². The number of carbonyl (C=O) groups excluding carboxylic acids is 6. The molecule has 0 aliphatic heterocycles. The highest BCUT2D eigenvalue weighted by atomic mass is 127. The standard InChI is InChI=1S/2C18H15IO3.C16H14N2O.C16H12N2O.C16H14N2O.C16H12N2O/c1-11(20)22-10-13-5-2-6-15-14(13)9-8-12-4-3-7-16(19)17(12)18(15)21;1-11(20)22-10-13-7-9-16(19)17-14(13)8-6-12-4-2-3-5-15(12)18(17)21;2*19-9-11-4-1-5-13-12(11)8-7-10-3-2-6-14-15(10)16(13)18-17-14;2*19-9-11-6-8-14-15-12(11)7-5-10-3-1-2-4-13(10)16(15)18-17-14/h2-7H,8-10H2,1H3;2-5,7,9H,6,8,10H2,1H3;1-6,19H,7-9H2,(H,17,18);1-6,9H,7-8H2,(H,17,18);1-4,6,8,19H,5,7,9H2,(H,17,18);1-4,6,8-9H,5,7H2,(H,17,18). The Labute approximate surface area is 718 Å². The average Bonchev–Trinajstić information content (AvgIpc) is 1.63. The van der Waals surface area contributed by atoms with Crippen molar-refractivity contribution in [1.82, 2.24) is 40.8 Å². The van der Waals surface area contributed by atoms with E-state index in [9.17, 15) is 39.0 Å². The maximum atomic E-state index is 12.9. The van der Waals surface area contributed by atoms with Crippen molar-refractivity contribution < 1.29 is 48.5 Å². The molecule has 0 atom stereocenters. The third-order valence-electron chi connectivity index (χ3n) is 23.7. The van der Waals surface area contributed by atoms with Crippen LogP contribution in [0.1, 0.15) is 155 Å². The van der Waals surface area contributed by atoms with Crippen LogP contribution < -0.4 is 0 Å². The highest BCUT2D eigenvalue weighted by Crippen LogP contribution is 2.43. The number of rotatable bonds is 8. The largest absolute Gasteiger partial charge is 0.461 e. The van der Waals surface area contributed by atoms with Gasteiger partial charge in [-0.05, 0) is 254 Å². The van der Waals surface area contributed by atoms with Crippen LogP contribution in [0.2, 0.25) is 0 Å². The van der Waals surface area contributed by atoms with Gasteiger partial charge in [-0.2, -0.15) is 20.4 Å². The molecule has 4 aromatic heterocycles. The number of aliphatic hydroxyl groups is 2. The van der Waals surface area contributed by atoms with Gasteiger partial charge in [-0.25, -0.2) is 0 Å². The van der Waals surface area contributed by atoms with Crippen molar-refractivity contribution in [2.75, 3.05) is 0 Å². The number of aliphatic hydroxyl groups excluding tert-OH is 2. The minimum atomic E-state index is -0.310. The molecule has 6 aliphatic rings. The number of aryl methyl sites for hydroxylation is 8. The van der Waals surface area contributed by atoms with E-state index in [2.05, 4.69) is 171 Å². The number of benzene rings is 12. The third-order valence-corrected chi connectivity index (χ3v) is 25.5. The van der Waals surface area contributed by atoms with Gasteiger partial charge in [0.1, 0.15) is 48.6 Å². The second-order valence-corrected chi connectivity index (χ2v) is 32.8. The summed E-state index contributed by atoms with van der Waals surface area (Å²) in [6.45, 7) is 3.41. The van der Waals surface area contributed by atoms with Crippen molar-refractivity contribution in [3.8, 4) is 45.0 Å². The average molecular weight is 1810 g/mol.